The summed E-state index contributed by atoms with van der Waals surface area (Å²) in [6, 6.07) is 6.99. The molecule has 0 saturated carbocycles. The summed E-state index contributed by atoms with van der Waals surface area (Å²) >= 11 is 0. The van der Waals surface area contributed by atoms with Gasteiger partial charge < -0.3 is 5.11 Å². The number of aliphatic hydroxyl groups excluding tert-OH is 1. The van der Waals surface area contributed by atoms with Gasteiger partial charge in [-0.3, -0.25) is 15.0 Å². The summed E-state index contributed by atoms with van der Waals surface area (Å²) in [4.78, 5) is 24.4. The maximum atomic E-state index is 11.7. The Labute approximate surface area is 124 Å². The molecule has 0 atom stereocenters. The lowest BCUT2D eigenvalue weighted by molar-refractivity contribution is -0.120. The number of rotatable bonds is 4. The van der Waals surface area contributed by atoms with Crippen molar-refractivity contribution in [3.8, 4) is 11.8 Å². The zero-order valence-electron chi connectivity index (χ0n) is 11.8. The first-order valence-corrected chi connectivity index (χ1v) is 7.02. The first kappa shape index (κ1) is 15.1. The van der Waals surface area contributed by atoms with Crippen LogP contribution in [-0.4, -0.2) is 30.2 Å². The van der Waals surface area contributed by atoms with Gasteiger partial charge in [-0.25, -0.2) is 4.79 Å². The van der Waals surface area contributed by atoms with E-state index >= 15 is 0 Å². The van der Waals surface area contributed by atoms with E-state index in [1.807, 2.05) is 24.3 Å². The van der Waals surface area contributed by atoms with E-state index in [4.69, 9.17) is 5.11 Å². The van der Waals surface area contributed by atoms with Crippen molar-refractivity contribution in [3.63, 3.8) is 0 Å². The number of imide groups is 1. The highest BCUT2D eigenvalue weighted by Crippen LogP contribution is 2.17. The van der Waals surface area contributed by atoms with Crippen molar-refractivity contribution in [3.05, 3.63) is 29.8 Å². The normalized spacial score (nSPS) is 14.4. The van der Waals surface area contributed by atoms with Gasteiger partial charge in [0.05, 0.1) is 0 Å². The van der Waals surface area contributed by atoms with Gasteiger partial charge in [0.1, 0.15) is 0 Å². The lowest BCUT2D eigenvalue weighted by Gasteiger charge is -2.26. The zero-order chi connectivity index (χ0) is 15.1. The fraction of sp³-hybridized carbons (Fsp3) is 0.375. The average Bonchev–Trinajstić information content (AvgIpc) is 2.48. The molecule has 1 saturated heterocycles. The molecular formula is C16H18N2O3. The second-order valence-corrected chi connectivity index (χ2v) is 4.78. The minimum Gasteiger partial charge on any atom is -0.396 e. The number of benzene rings is 1. The van der Waals surface area contributed by atoms with Gasteiger partial charge in [-0.05, 0) is 37.1 Å². The summed E-state index contributed by atoms with van der Waals surface area (Å²) in [7, 11) is 0. The van der Waals surface area contributed by atoms with Gasteiger partial charge in [-0.15, -0.1) is 0 Å². The number of aliphatic hydroxyl groups is 1. The van der Waals surface area contributed by atoms with Crippen LogP contribution in [0.3, 0.4) is 0 Å². The van der Waals surface area contributed by atoms with Gasteiger partial charge in [0, 0.05) is 37.2 Å². The number of hydrogen-bond acceptors (Lipinski definition) is 3. The van der Waals surface area contributed by atoms with Crippen LogP contribution in [0.1, 0.15) is 31.2 Å². The third-order valence-corrected chi connectivity index (χ3v) is 3.18. The van der Waals surface area contributed by atoms with E-state index in [0.717, 1.165) is 30.5 Å². The Morgan fingerprint density at radius 1 is 1.19 bits per heavy atom. The Morgan fingerprint density at radius 2 is 1.95 bits per heavy atom. The maximum absolute atomic E-state index is 11.7. The van der Waals surface area contributed by atoms with Crippen LogP contribution in [0.2, 0.25) is 0 Å². The highest BCUT2D eigenvalue weighted by Gasteiger charge is 2.23. The quantitative estimate of drug-likeness (QED) is 0.653. The highest BCUT2D eigenvalue weighted by molar-refractivity contribution is 6.05. The van der Waals surface area contributed by atoms with Crippen LogP contribution in [0.15, 0.2) is 24.3 Å². The molecule has 5 heteroatoms. The molecule has 2 rings (SSSR count). The monoisotopic (exact) mass is 286 g/mol. The fourth-order valence-corrected chi connectivity index (χ4v) is 2.02. The van der Waals surface area contributed by atoms with Crippen molar-refractivity contribution in [1.29, 1.82) is 0 Å². The molecule has 1 aromatic rings. The van der Waals surface area contributed by atoms with Gasteiger partial charge >= 0.3 is 6.03 Å². The van der Waals surface area contributed by atoms with Gasteiger partial charge in [0.15, 0.2) is 0 Å². The molecule has 1 aliphatic rings. The molecule has 1 heterocycles. The van der Waals surface area contributed by atoms with Crippen molar-refractivity contribution in [2.45, 2.75) is 25.7 Å². The minimum absolute atomic E-state index is 0.205. The van der Waals surface area contributed by atoms with Gasteiger partial charge in [0.2, 0.25) is 5.91 Å². The molecule has 0 spiro atoms. The van der Waals surface area contributed by atoms with E-state index in [-0.39, 0.29) is 18.5 Å². The molecule has 0 bridgehead atoms. The summed E-state index contributed by atoms with van der Waals surface area (Å²) in [6.07, 6.45) is 2.75. The first-order valence-electron chi connectivity index (χ1n) is 7.02. The molecule has 1 aliphatic heterocycles. The second-order valence-electron chi connectivity index (χ2n) is 4.78. The summed E-state index contributed by atoms with van der Waals surface area (Å²) in [5, 5.41) is 11.0. The third kappa shape index (κ3) is 4.33. The van der Waals surface area contributed by atoms with Crippen LogP contribution in [0.5, 0.6) is 0 Å². The Balaban J connectivity index is 1.95. The Morgan fingerprint density at radius 3 is 2.62 bits per heavy atom. The van der Waals surface area contributed by atoms with E-state index in [9.17, 15) is 9.59 Å². The van der Waals surface area contributed by atoms with Crippen LogP contribution >= 0.6 is 0 Å². The third-order valence-electron chi connectivity index (χ3n) is 3.18. The van der Waals surface area contributed by atoms with Crippen molar-refractivity contribution in [2.24, 2.45) is 0 Å². The van der Waals surface area contributed by atoms with Crippen LogP contribution in [0.4, 0.5) is 10.5 Å². The van der Waals surface area contributed by atoms with E-state index in [1.54, 1.807) is 4.90 Å². The number of urea groups is 1. The SMILES string of the molecule is O=C1CCN(c2ccc(C#CCCCCO)cc2)C(=O)N1. The largest absolute Gasteiger partial charge is 0.396 e. The molecular weight excluding hydrogens is 268 g/mol. The zero-order valence-corrected chi connectivity index (χ0v) is 11.8. The molecule has 21 heavy (non-hydrogen) atoms. The summed E-state index contributed by atoms with van der Waals surface area (Å²) in [6.45, 7) is 0.605. The summed E-state index contributed by atoms with van der Waals surface area (Å²) in [5.41, 5.74) is 1.64. The van der Waals surface area contributed by atoms with E-state index < -0.39 is 0 Å². The molecule has 0 unspecified atom stereocenters. The Kier molecular flexibility index (Phi) is 5.35. The second kappa shape index (κ2) is 7.46. The number of nitrogens with one attached hydrogen (secondary N) is 1. The molecule has 3 amide bonds. The predicted octanol–water partition coefficient (Wildman–Crippen LogP) is 1.65. The standard InChI is InChI=1S/C16H18N2O3/c19-12-4-2-1-3-5-13-6-8-14(9-7-13)18-11-10-15(20)17-16(18)21/h6-9,19H,1-2,4,10-12H2,(H,17,20,21). The van der Waals surface area contributed by atoms with Gasteiger partial charge in [-0.1, -0.05) is 11.8 Å². The Bertz CT molecular complexity index is 569. The Hall–Kier alpha value is -2.32. The lowest BCUT2D eigenvalue weighted by atomic mass is 10.1. The first-order chi connectivity index (χ1) is 10.2. The molecule has 1 aromatic carbocycles. The fourth-order valence-electron chi connectivity index (χ4n) is 2.02. The molecule has 0 radical (unpaired) electrons. The molecule has 0 aliphatic carbocycles. The van der Waals surface area contributed by atoms with Crippen molar-refractivity contribution < 1.29 is 14.7 Å². The molecule has 110 valence electrons. The van der Waals surface area contributed by atoms with Gasteiger partial charge in [-0.2, -0.15) is 0 Å². The van der Waals surface area contributed by atoms with Crippen LogP contribution in [0.25, 0.3) is 0 Å². The lowest BCUT2D eigenvalue weighted by Crippen LogP contribution is -2.49. The van der Waals surface area contributed by atoms with Crippen LogP contribution in [0, 0.1) is 11.8 Å². The van der Waals surface area contributed by atoms with E-state index in [1.165, 1.54) is 0 Å². The summed E-state index contributed by atoms with van der Waals surface area (Å²) in [5.74, 6) is 5.86. The number of anilines is 1. The van der Waals surface area contributed by atoms with E-state index in [2.05, 4.69) is 17.2 Å². The smallest absolute Gasteiger partial charge is 0.328 e. The molecule has 2 N–H and O–H groups in total. The molecule has 0 aromatic heterocycles. The average molecular weight is 286 g/mol. The van der Waals surface area contributed by atoms with Crippen molar-refractivity contribution >= 4 is 17.6 Å². The topological polar surface area (TPSA) is 69.6 Å². The van der Waals surface area contributed by atoms with Gasteiger partial charge in [0.25, 0.3) is 0 Å². The number of carbonyl (C=O) groups is 2. The number of carbonyl (C=O) groups excluding carboxylic acids is 2. The molecule has 5 nitrogen and oxygen atoms in total. The van der Waals surface area contributed by atoms with Crippen molar-refractivity contribution in [1.82, 2.24) is 5.32 Å². The molecule has 1 fully saturated rings. The highest BCUT2D eigenvalue weighted by atomic mass is 16.3. The minimum atomic E-state index is -0.380. The predicted molar refractivity (Wildman–Crippen MR) is 79.8 cm³/mol. The van der Waals surface area contributed by atoms with Crippen LogP contribution < -0.4 is 10.2 Å². The van der Waals surface area contributed by atoms with Crippen molar-refractivity contribution in [2.75, 3.05) is 18.1 Å². The number of nitrogens with zero attached hydrogens (tertiary/aromatic N) is 1. The number of unbranched alkanes of at least 4 members (excludes halogenated alkanes) is 2. The maximum Gasteiger partial charge on any atom is 0.328 e. The summed E-state index contributed by atoms with van der Waals surface area (Å²) < 4.78 is 0. The van der Waals surface area contributed by atoms with E-state index in [0.29, 0.717) is 13.0 Å². The number of hydrogen-bond donors (Lipinski definition) is 2. The number of amides is 3. The van der Waals surface area contributed by atoms with Crippen LogP contribution in [-0.2, 0) is 4.79 Å².